The number of carbonyl (C=O) groups excluding carboxylic acids is 2. The van der Waals surface area contributed by atoms with E-state index in [0.29, 0.717) is 0 Å². The van der Waals surface area contributed by atoms with Crippen molar-refractivity contribution in [3.05, 3.63) is 0 Å². The smallest absolute Gasteiger partial charge is 0.554 e. The summed E-state index contributed by atoms with van der Waals surface area (Å²) >= 11 is 0. The maximum atomic E-state index is 8.25. The Labute approximate surface area is 111 Å². The van der Waals surface area contributed by atoms with Crippen LogP contribution in [0.1, 0.15) is 0 Å². The second kappa shape index (κ2) is 38.5. The molecule has 0 aliphatic carbocycles. The molecule has 0 rings (SSSR count). The third-order valence-corrected chi connectivity index (χ3v) is 0. The molecule has 0 aliphatic heterocycles. The largest absolute Gasteiger partial charge is 1.00 e. The number of carbonyl (C=O) groups is 2. The molecule has 0 atom stereocenters. The molecule has 0 aliphatic rings. The van der Waals surface area contributed by atoms with Crippen molar-refractivity contribution in [1.82, 2.24) is 0 Å². The van der Waals surface area contributed by atoms with E-state index in [1.165, 1.54) is 0 Å². The van der Waals surface area contributed by atoms with Crippen LogP contribution in [0.15, 0.2) is 0 Å². The SMILES string of the molecule is O=C[O-].O=C[O-].[K+].[Na+]. The maximum Gasteiger partial charge on any atom is 1.00 e. The molecule has 0 saturated heterocycles. The summed E-state index contributed by atoms with van der Waals surface area (Å²) in [5, 5.41) is 16.5. The summed E-state index contributed by atoms with van der Waals surface area (Å²) in [6, 6.07) is 0. The molecule has 0 aromatic rings. The topological polar surface area (TPSA) is 80.3 Å². The predicted octanol–water partition coefficient (Wildman–Crippen LogP) is -9.26. The van der Waals surface area contributed by atoms with E-state index in [-0.39, 0.29) is 80.9 Å². The Morgan fingerprint density at radius 1 is 1.00 bits per heavy atom. The quantitative estimate of drug-likeness (QED) is 0.255. The number of rotatable bonds is 0. The van der Waals surface area contributed by atoms with Crippen LogP contribution in [-0.4, -0.2) is 12.9 Å². The molecule has 0 aromatic carbocycles. The van der Waals surface area contributed by atoms with Gasteiger partial charge in [0.25, 0.3) is 0 Å². The zero-order valence-electron chi connectivity index (χ0n) is 4.79. The third kappa shape index (κ3) is 132. The van der Waals surface area contributed by atoms with Crippen LogP contribution in [0.2, 0.25) is 0 Å². The van der Waals surface area contributed by atoms with E-state index in [1.54, 1.807) is 0 Å². The normalized spacial score (nSPS) is 3.00. The van der Waals surface area contributed by atoms with Crippen LogP contribution in [0.4, 0.5) is 0 Å². The van der Waals surface area contributed by atoms with Crippen molar-refractivity contribution in [2.75, 3.05) is 0 Å². The van der Waals surface area contributed by atoms with Gasteiger partial charge >= 0.3 is 80.9 Å². The fourth-order valence-corrected chi connectivity index (χ4v) is 0. The average molecular weight is 152 g/mol. The minimum atomic E-state index is -0.500. The molecule has 0 aromatic heterocycles. The third-order valence-electron chi connectivity index (χ3n) is 0. The predicted molar refractivity (Wildman–Crippen MR) is 12.1 cm³/mol. The van der Waals surface area contributed by atoms with Gasteiger partial charge in [-0.1, -0.05) is 0 Å². The first-order valence-corrected chi connectivity index (χ1v) is 0.943. The van der Waals surface area contributed by atoms with Crippen molar-refractivity contribution in [2.45, 2.75) is 0 Å². The van der Waals surface area contributed by atoms with Crippen LogP contribution in [-0.2, 0) is 9.59 Å². The Morgan fingerprint density at radius 3 is 1.00 bits per heavy atom. The zero-order chi connectivity index (χ0) is 5.41. The first-order chi connectivity index (χ1) is 2.83. The van der Waals surface area contributed by atoms with Gasteiger partial charge in [-0.3, -0.25) is 0 Å². The van der Waals surface area contributed by atoms with Crippen LogP contribution in [0.3, 0.4) is 0 Å². The second-order valence-corrected chi connectivity index (χ2v) is 0.192. The standard InChI is InChI=1S/2CH2O2.K.Na/c2*2-1-3;;/h2*1H,(H,2,3);;/q;;2*+1/p-2. The van der Waals surface area contributed by atoms with Crippen molar-refractivity contribution in [2.24, 2.45) is 0 Å². The first kappa shape index (κ1) is 22.7. The molecule has 0 spiro atoms. The van der Waals surface area contributed by atoms with Gasteiger partial charge in [-0.05, 0) is 0 Å². The molecule has 36 valence electrons. The molecule has 0 unspecified atom stereocenters. The van der Waals surface area contributed by atoms with Gasteiger partial charge in [0.15, 0.2) is 0 Å². The number of hydrogen-bond donors (Lipinski definition) is 0. The fourth-order valence-electron chi connectivity index (χ4n) is 0. The van der Waals surface area contributed by atoms with E-state index in [0.717, 1.165) is 0 Å². The molecule has 0 saturated carbocycles. The molecular formula is C2H2KNaO4. The van der Waals surface area contributed by atoms with Crippen molar-refractivity contribution < 1.29 is 101 Å². The molecule has 0 bridgehead atoms. The maximum absolute atomic E-state index is 8.25. The molecular weight excluding hydrogens is 150 g/mol. The van der Waals surface area contributed by atoms with E-state index in [4.69, 9.17) is 19.8 Å². The Morgan fingerprint density at radius 2 is 1.00 bits per heavy atom. The summed E-state index contributed by atoms with van der Waals surface area (Å²) in [5.74, 6) is 0. The van der Waals surface area contributed by atoms with Gasteiger partial charge in [0.05, 0.1) is 0 Å². The van der Waals surface area contributed by atoms with Crippen LogP contribution in [0.5, 0.6) is 0 Å². The molecule has 0 amide bonds. The van der Waals surface area contributed by atoms with Crippen molar-refractivity contribution >= 4 is 12.9 Å². The molecule has 0 heterocycles. The van der Waals surface area contributed by atoms with Gasteiger partial charge in [-0.2, -0.15) is 0 Å². The minimum Gasteiger partial charge on any atom is -0.554 e. The summed E-state index contributed by atoms with van der Waals surface area (Å²) in [7, 11) is 0. The number of carboxylic acid groups (broad SMARTS) is 2. The Balaban J connectivity index is -0.0000000160. The number of hydrogen-bond acceptors (Lipinski definition) is 4. The van der Waals surface area contributed by atoms with E-state index in [1.807, 2.05) is 0 Å². The van der Waals surface area contributed by atoms with Crippen LogP contribution < -0.4 is 91.2 Å². The first-order valence-electron chi connectivity index (χ1n) is 0.943. The van der Waals surface area contributed by atoms with E-state index >= 15 is 0 Å². The van der Waals surface area contributed by atoms with Crippen molar-refractivity contribution in [3.63, 3.8) is 0 Å². The molecule has 8 heavy (non-hydrogen) atoms. The van der Waals surface area contributed by atoms with E-state index < -0.39 is 12.9 Å². The molecule has 0 radical (unpaired) electrons. The average Bonchev–Trinajstić information content (AvgIpc) is 1.39. The molecule has 0 N–H and O–H groups in total. The minimum absolute atomic E-state index is 0. The monoisotopic (exact) mass is 152 g/mol. The van der Waals surface area contributed by atoms with Gasteiger partial charge in [0.1, 0.15) is 0 Å². The van der Waals surface area contributed by atoms with Crippen LogP contribution in [0.25, 0.3) is 0 Å². The zero-order valence-corrected chi connectivity index (χ0v) is 9.91. The summed E-state index contributed by atoms with van der Waals surface area (Å²) in [6.07, 6.45) is 0. The van der Waals surface area contributed by atoms with E-state index in [2.05, 4.69) is 0 Å². The van der Waals surface area contributed by atoms with Gasteiger partial charge < -0.3 is 19.8 Å². The summed E-state index contributed by atoms with van der Waals surface area (Å²) in [5.41, 5.74) is 0. The molecule has 0 fully saturated rings. The van der Waals surface area contributed by atoms with Crippen LogP contribution >= 0.6 is 0 Å². The Hall–Kier alpha value is 1.58. The van der Waals surface area contributed by atoms with E-state index in [9.17, 15) is 0 Å². The van der Waals surface area contributed by atoms with Gasteiger partial charge in [-0.25, -0.2) is 0 Å². The van der Waals surface area contributed by atoms with Gasteiger partial charge in [0, 0.05) is 12.9 Å². The van der Waals surface area contributed by atoms with Gasteiger partial charge in [-0.15, -0.1) is 0 Å². The summed E-state index contributed by atoms with van der Waals surface area (Å²) in [6.45, 7) is -1.00. The van der Waals surface area contributed by atoms with Crippen LogP contribution in [0, 0.1) is 0 Å². The summed E-state index contributed by atoms with van der Waals surface area (Å²) < 4.78 is 0. The van der Waals surface area contributed by atoms with Gasteiger partial charge in [0.2, 0.25) is 0 Å². The second-order valence-electron chi connectivity index (χ2n) is 0.192. The Bertz CT molecular complexity index is 35.0. The fraction of sp³-hybridized carbons (Fsp3) is 0. The Kier molecular flexibility index (Phi) is 109. The van der Waals surface area contributed by atoms with Crippen molar-refractivity contribution in [3.8, 4) is 0 Å². The molecule has 6 heteroatoms. The molecule has 4 nitrogen and oxygen atoms in total. The van der Waals surface area contributed by atoms with Crippen molar-refractivity contribution in [1.29, 1.82) is 0 Å². The summed E-state index contributed by atoms with van der Waals surface area (Å²) in [4.78, 5) is 16.5.